The van der Waals surface area contributed by atoms with Crippen molar-refractivity contribution in [2.24, 2.45) is 47.2 Å². The highest BCUT2D eigenvalue weighted by Crippen LogP contribution is 2.48. The van der Waals surface area contributed by atoms with Gasteiger partial charge >= 0.3 is 0 Å². The van der Waals surface area contributed by atoms with Crippen LogP contribution in [0.4, 0.5) is 0 Å². The second-order valence-electron chi connectivity index (χ2n) is 15.2. The molecule has 43 heavy (non-hydrogen) atoms. The van der Waals surface area contributed by atoms with Crippen molar-refractivity contribution in [3.8, 4) is 0 Å². The first kappa shape index (κ1) is 32.6. The third kappa shape index (κ3) is 7.62. The zero-order valence-electron chi connectivity index (χ0n) is 26.8. The molecule has 3 aliphatic heterocycles. The van der Waals surface area contributed by atoms with E-state index in [2.05, 4.69) is 5.32 Å². The maximum Gasteiger partial charge on any atom is 0.137 e. The summed E-state index contributed by atoms with van der Waals surface area (Å²) >= 11 is 0. The Balaban J connectivity index is 1.15. The predicted molar refractivity (Wildman–Crippen MR) is 162 cm³/mol. The van der Waals surface area contributed by atoms with Gasteiger partial charge in [0.05, 0.1) is 62.5 Å². The fourth-order valence-electron chi connectivity index (χ4n) is 10.2. The summed E-state index contributed by atoms with van der Waals surface area (Å²) in [5.74, 6) is 1.88. The standard InChI is InChI=1S/C34H60N2O7/c1-39-24-6-7-30-26(16-24)34(41-11-9-20-8-10-36-31(35)14-20)29(19-42-30)28-18-43-33-22(12-21-4-3-5-23(37)13-21)15-25(40-2)17-27(33)32(28)38/h20-34,36-38H,3-19,35H2,1-2H3/p+1/t20?,21?,22?,23?,24?,25?,26?,27?,28-,29-,30?,31?,32+,33?,34-/m0/s1. The summed E-state index contributed by atoms with van der Waals surface area (Å²) in [4.78, 5) is 0. The number of ether oxygens (including phenoxy) is 5. The molecule has 0 amide bonds. The van der Waals surface area contributed by atoms with Crippen LogP contribution in [0.25, 0.3) is 0 Å². The van der Waals surface area contributed by atoms with Gasteiger partial charge < -0.3 is 39.2 Å². The first-order valence-corrected chi connectivity index (χ1v) is 17.8. The van der Waals surface area contributed by atoms with Crippen molar-refractivity contribution in [1.29, 1.82) is 0 Å². The highest BCUT2D eigenvalue weighted by atomic mass is 16.5. The van der Waals surface area contributed by atoms with Gasteiger partial charge in [-0.15, -0.1) is 0 Å². The fourth-order valence-corrected chi connectivity index (χ4v) is 10.2. The second kappa shape index (κ2) is 15.0. The number of aliphatic hydroxyl groups excluding tert-OH is 2. The third-order valence-electron chi connectivity index (χ3n) is 12.6. The maximum atomic E-state index is 12.1. The van der Waals surface area contributed by atoms with Crippen molar-refractivity contribution in [3.05, 3.63) is 0 Å². The number of methoxy groups -OCH3 is 2. The van der Waals surface area contributed by atoms with Gasteiger partial charge in [0.2, 0.25) is 0 Å². The lowest BCUT2D eigenvalue weighted by Crippen LogP contribution is -2.94. The van der Waals surface area contributed by atoms with Gasteiger partial charge in [-0.25, -0.2) is 0 Å². The van der Waals surface area contributed by atoms with Gasteiger partial charge in [-0.05, 0) is 82.0 Å². The topological polar surface area (TPSA) is 129 Å². The van der Waals surface area contributed by atoms with E-state index in [1.807, 2.05) is 14.2 Å². The monoisotopic (exact) mass is 609 g/mol. The van der Waals surface area contributed by atoms with Crippen LogP contribution < -0.4 is 11.1 Å². The molecule has 6 fully saturated rings. The molecule has 6 rings (SSSR count). The normalized spacial score (nSPS) is 49.2. The molecule has 0 aromatic carbocycles. The molecule has 15 atom stereocenters. The van der Waals surface area contributed by atoms with E-state index in [9.17, 15) is 10.2 Å². The number of quaternary nitrogens is 1. The van der Waals surface area contributed by atoms with Crippen LogP contribution in [0, 0.1) is 41.4 Å². The van der Waals surface area contributed by atoms with Crippen molar-refractivity contribution in [2.45, 2.75) is 132 Å². The Hall–Kier alpha value is -0.360. The molecule has 3 saturated heterocycles. The Morgan fingerprint density at radius 3 is 2.40 bits per heavy atom. The van der Waals surface area contributed by atoms with E-state index in [1.165, 1.54) is 12.8 Å². The van der Waals surface area contributed by atoms with Crippen LogP contribution in [-0.2, 0) is 23.7 Å². The smallest absolute Gasteiger partial charge is 0.137 e. The van der Waals surface area contributed by atoms with E-state index in [0.717, 1.165) is 83.8 Å². The van der Waals surface area contributed by atoms with Crippen LogP contribution in [0.2, 0.25) is 0 Å². The molecule has 0 bridgehead atoms. The number of piperidine rings is 1. The van der Waals surface area contributed by atoms with Crippen LogP contribution in [0.1, 0.15) is 83.5 Å². The molecule has 0 aromatic heterocycles. The summed E-state index contributed by atoms with van der Waals surface area (Å²) in [6, 6.07) is 0. The lowest BCUT2D eigenvalue weighted by Gasteiger charge is -2.54. The molecule has 248 valence electrons. The Morgan fingerprint density at radius 2 is 1.60 bits per heavy atom. The Bertz CT molecular complexity index is 867. The lowest BCUT2D eigenvalue weighted by atomic mass is 9.64. The first-order valence-electron chi connectivity index (χ1n) is 17.8. The van der Waals surface area contributed by atoms with Crippen LogP contribution in [0.15, 0.2) is 0 Å². The molecule has 6 N–H and O–H groups in total. The molecular weight excluding hydrogens is 548 g/mol. The predicted octanol–water partition coefficient (Wildman–Crippen LogP) is 2.21. The minimum Gasteiger partial charge on any atom is -0.393 e. The van der Waals surface area contributed by atoms with E-state index < -0.39 is 6.10 Å². The zero-order chi connectivity index (χ0) is 29.9. The van der Waals surface area contributed by atoms with Crippen LogP contribution in [0.5, 0.6) is 0 Å². The van der Waals surface area contributed by atoms with Crippen LogP contribution in [-0.4, -0.2) is 99.7 Å². The van der Waals surface area contributed by atoms with E-state index in [4.69, 9.17) is 29.4 Å². The molecule has 0 radical (unpaired) electrons. The molecule has 11 unspecified atom stereocenters. The number of fused-ring (bicyclic) bond motifs is 2. The Labute approximate surface area is 259 Å². The minimum absolute atomic E-state index is 0.0272. The van der Waals surface area contributed by atoms with E-state index >= 15 is 0 Å². The molecule has 9 nitrogen and oxygen atoms in total. The summed E-state index contributed by atoms with van der Waals surface area (Å²) in [6.45, 7) is 3.00. The van der Waals surface area contributed by atoms with Gasteiger partial charge in [0, 0.05) is 50.9 Å². The number of aliphatic hydroxyl groups is 2. The van der Waals surface area contributed by atoms with E-state index in [0.29, 0.717) is 31.0 Å². The zero-order valence-corrected chi connectivity index (χ0v) is 26.8. The second-order valence-corrected chi connectivity index (χ2v) is 15.2. The van der Waals surface area contributed by atoms with Crippen LogP contribution in [0.3, 0.4) is 0 Å². The molecule has 3 heterocycles. The summed E-state index contributed by atoms with van der Waals surface area (Å²) in [6.07, 6.45) is 13.5. The quantitative estimate of drug-likeness (QED) is 0.313. The van der Waals surface area contributed by atoms with E-state index in [-0.39, 0.29) is 66.5 Å². The lowest BCUT2D eigenvalue weighted by molar-refractivity contribution is -0.699. The number of rotatable bonds is 9. The highest BCUT2D eigenvalue weighted by Gasteiger charge is 2.54. The van der Waals surface area contributed by atoms with Gasteiger partial charge in [-0.3, -0.25) is 5.73 Å². The molecule has 9 heteroatoms. The van der Waals surface area contributed by atoms with Crippen molar-refractivity contribution >= 4 is 0 Å². The number of nitrogens with two attached hydrogens (primary N) is 2. The summed E-state index contributed by atoms with van der Waals surface area (Å²) < 4.78 is 32.1. The molecule has 6 aliphatic rings. The summed E-state index contributed by atoms with van der Waals surface area (Å²) in [7, 11) is 3.63. The van der Waals surface area contributed by atoms with Gasteiger partial charge in [0.25, 0.3) is 0 Å². The van der Waals surface area contributed by atoms with Gasteiger partial charge in [-0.1, -0.05) is 12.8 Å². The fraction of sp³-hybridized carbons (Fsp3) is 1.00. The summed E-state index contributed by atoms with van der Waals surface area (Å²) in [5.41, 5.74) is 6.25. The van der Waals surface area contributed by atoms with Crippen molar-refractivity contribution < 1.29 is 39.2 Å². The molecular formula is C34H61N2O7+. The average molecular weight is 610 g/mol. The van der Waals surface area contributed by atoms with Gasteiger partial charge in [-0.2, -0.15) is 0 Å². The Kier molecular flexibility index (Phi) is 11.4. The Morgan fingerprint density at radius 1 is 0.791 bits per heavy atom. The first-order chi connectivity index (χ1) is 20.9. The number of hydrogen-bond acceptors (Lipinski definition) is 8. The largest absolute Gasteiger partial charge is 0.393 e. The summed E-state index contributed by atoms with van der Waals surface area (Å²) in [5, 5.41) is 24.7. The van der Waals surface area contributed by atoms with Crippen molar-refractivity contribution in [2.75, 3.05) is 40.6 Å². The van der Waals surface area contributed by atoms with Crippen LogP contribution >= 0.6 is 0 Å². The third-order valence-corrected chi connectivity index (χ3v) is 12.6. The molecule has 3 saturated carbocycles. The SMILES string of the molecule is COC1CC(CC2CCCC(O)C2)C2OC[C@@H]([C@@H]3COC4CCC(OC)CC4[C@@H]3OCCC3CC[NH2+]C(N)C3)[C@H](O)C2C1. The molecule has 0 spiro atoms. The van der Waals surface area contributed by atoms with Gasteiger partial charge in [0.1, 0.15) is 6.17 Å². The van der Waals surface area contributed by atoms with E-state index in [1.54, 1.807) is 0 Å². The molecule has 0 aromatic rings. The highest BCUT2D eigenvalue weighted by molar-refractivity contribution is 5.02. The maximum absolute atomic E-state index is 12.1. The average Bonchev–Trinajstić information content (AvgIpc) is 3.01. The minimum atomic E-state index is -0.471. The number of hydrogen-bond donors (Lipinski definition) is 4. The van der Waals surface area contributed by atoms with Crippen molar-refractivity contribution in [1.82, 2.24) is 0 Å². The van der Waals surface area contributed by atoms with Crippen molar-refractivity contribution in [3.63, 3.8) is 0 Å². The molecule has 3 aliphatic carbocycles. The van der Waals surface area contributed by atoms with Gasteiger partial charge in [0.15, 0.2) is 0 Å².